The molecule has 1 aliphatic carbocycles. The molecular weight excluding hydrogens is 443 g/mol. The number of ether oxygens (including phenoxy) is 2. The normalized spacial score (nSPS) is 22.0. The second-order valence-electron chi connectivity index (χ2n) is 7.12. The smallest absolute Gasteiger partial charge is 0.417 e. The van der Waals surface area contributed by atoms with Gasteiger partial charge in [0.2, 0.25) is 0 Å². The van der Waals surface area contributed by atoms with E-state index < -0.39 is 49.7 Å². The topological polar surface area (TPSA) is 121 Å². The molecule has 13 heteroatoms. The Morgan fingerprint density at radius 3 is 2.55 bits per heavy atom. The number of aromatic nitrogens is 3. The predicted octanol–water partition coefficient (Wildman–Crippen LogP) is 2.08. The van der Waals surface area contributed by atoms with E-state index in [2.05, 4.69) is 10.3 Å². The fraction of sp³-hybridized carbons (Fsp3) is 0.500. The summed E-state index contributed by atoms with van der Waals surface area (Å²) in [6, 6.07) is 2.72. The quantitative estimate of drug-likeness (QED) is 0.663. The molecule has 170 valence electrons. The molecule has 1 aromatic carbocycles. The monoisotopic (exact) mass is 463 g/mol. The standard InChI is InChI=1S/C18H20F3N3O6S/c1-29-9-10-8-24(23-22-10)11-3-4-16(14(5-11)18(19,20)21)31(27,28)12-6-13(17(25)26)15(7-12)30-2/h3-5,8,12-13,15H,6-7,9H2,1-2H3,(H,25,26)/t12-,13-,15-/m0/s1. The van der Waals surface area contributed by atoms with E-state index in [0.29, 0.717) is 11.8 Å². The van der Waals surface area contributed by atoms with Gasteiger partial charge in [-0.3, -0.25) is 4.79 Å². The zero-order valence-corrected chi connectivity index (χ0v) is 17.4. The Labute approximate surface area is 175 Å². The third kappa shape index (κ3) is 4.57. The molecule has 1 aromatic heterocycles. The first-order valence-corrected chi connectivity index (χ1v) is 10.6. The van der Waals surface area contributed by atoms with Gasteiger partial charge in [-0.1, -0.05) is 5.21 Å². The third-order valence-corrected chi connectivity index (χ3v) is 7.42. The summed E-state index contributed by atoms with van der Waals surface area (Å²) in [7, 11) is -1.83. The highest BCUT2D eigenvalue weighted by Gasteiger charge is 2.47. The van der Waals surface area contributed by atoms with Crippen LogP contribution in [0, 0.1) is 5.92 Å². The van der Waals surface area contributed by atoms with E-state index in [0.717, 1.165) is 10.7 Å². The predicted molar refractivity (Wildman–Crippen MR) is 99.2 cm³/mol. The van der Waals surface area contributed by atoms with Crippen molar-refractivity contribution in [1.82, 2.24) is 15.0 Å². The van der Waals surface area contributed by atoms with Crippen LogP contribution in [0.2, 0.25) is 0 Å². The number of carboxylic acid groups (broad SMARTS) is 1. The van der Waals surface area contributed by atoms with E-state index in [9.17, 15) is 31.5 Å². The van der Waals surface area contributed by atoms with Crippen molar-refractivity contribution in [2.45, 2.75) is 41.9 Å². The Morgan fingerprint density at radius 2 is 2.00 bits per heavy atom. The van der Waals surface area contributed by atoms with Crippen molar-refractivity contribution in [3.63, 3.8) is 0 Å². The van der Waals surface area contributed by atoms with E-state index >= 15 is 0 Å². The van der Waals surface area contributed by atoms with E-state index in [1.54, 1.807) is 0 Å². The van der Waals surface area contributed by atoms with Gasteiger partial charge in [-0.05, 0) is 31.0 Å². The van der Waals surface area contributed by atoms with Crippen LogP contribution in [-0.2, 0) is 36.9 Å². The Morgan fingerprint density at radius 1 is 1.29 bits per heavy atom. The largest absolute Gasteiger partial charge is 0.481 e. The molecule has 31 heavy (non-hydrogen) atoms. The van der Waals surface area contributed by atoms with Gasteiger partial charge in [0.25, 0.3) is 0 Å². The zero-order chi connectivity index (χ0) is 23.0. The van der Waals surface area contributed by atoms with Gasteiger partial charge in [0.05, 0.1) is 46.2 Å². The van der Waals surface area contributed by atoms with Crippen molar-refractivity contribution in [2.24, 2.45) is 5.92 Å². The summed E-state index contributed by atoms with van der Waals surface area (Å²) in [5, 5.41) is 15.5. The second-order valence-corrected chi connectivity index (χ2v) is 9.32. The first-order valence-electron chi connectivity index (χ1n) is 9.10. The lowest BCUT2D eigenvalue weighted by atomic mass is 10.1. The lowest BCUT2D eigenvalue weighted by Gasteiger charge is -2.18. The Balaban J connectivity index is 2.03. The molecule has 1 aliphatic rings. The fourth-order valence-corrected chi connectivity index (χ4v) is 5.68. The summed E-state index contributed by atoms with van der Waals surface area (Å²) in [5.74, 6) is -2.37. The number of alkyl halides is 3. The molecule has 9 nitrogen and oxygen atoms in total. The Kier molecular flexibility index (Phi) is 6.39. The van der Waals surface area contributed by atoms with Crippen LogP contribution in [0.15, 0.2) is 29.3 Å². The van der Waals surface area contributed by atoms with Crippen molar-refractivity contribution in [2.75, 3.05) is 14.2 Å². The van der Waals surface area contributed by atoms with Crippen LogP contribution < -0.4 is 0 Å². The molecule has 0 amide bonds. The lowest BCUT2D eigenvalue weighted by Crippen LogP contribution is -2.24. The molecule has 3 rings (SSSR count). The third-order valence-electron chi connectivity index (χ3n) is 5.19. The number of hydrogen-bond donors (Lipinski definition) is 1. The van der Waals surface area contributed by atoms with Gasteiger partial charge < -0.3 is 14.6 Å². The molecule has 3 atom stereocenters. The number of carboxylic acids is 1. The molecule has 0 spiro atoms. The van der Waals surface area contributed by atoms with E-state index in [-0.39, 0.29) is 25.1 Å². The highest BCUT2D eigenvalue weighted by atomic mass is 32.2. The van der Waals surface area contributed by atoms with Crippen LogP contribution in [-0.4, -0.2) is 60.1 Å². The van der Waals surface area contributed by atoms with Gasteiger partial charge in [-0.15, -0.1) is 5.10 Å². The number of aliphatic carboxylic acids is 1. The van der Waals surface area contributed by atoms with E-state index in [1.807, 2.05) is 0 Å². The number of benzene rings is 1. The van der Waals surface area contributed by atoms with E-state index in [1.165, 1.54) is 26.5 Å². The van der Waals surface area contributed by atoms with Crippen molar-refractivity contribution < 1.29 is 41.0 Å². The molecular formula is C18H20F3N3O6S. The minimum atomic E-state index is -4.97. The fourth-order valence-electron chi connectivity index (χ4n) is 3.68. The number of nitrogens with zero attached hydrogens (tertiary/aromatic N) is 3. The van der Waals surface area contributed by atoms with Gasteiger partial charge >= 0.3 is 12.1 Å². The number of hydrogen-bond acceptors (Lipinski definition) is 7. The summed E-state index contributed by atoms with van der Waals surface area (Å²) >= 11 is 0. The maximum Gasteiger partial charge on any atom is 0.417 e. The van der Waals surface area contributed by atoms with Gasteiger partial charge in [0, 0.05) is 14.2 Å². The summed E-state index contributed by atoms with van der Waals surface area (Å²) in [6.45, 7) is 0.103. The van der Waals surface area contributed by atoms with Crippen LogP contribution in [0.25, 0.3) is 5.69 Å². The van der Waals surface area contributed by atoms with Crippen LogP contribution in [0.5, 0.6) is 0 Å². The minimum absolute atomic E-state index is 0.0364. The zero-order valence-electron chi connectivity index (χ0n) is 16.5. The van der Waals surface area contributed by atoms with Crippen molar-refractivity contribution in [1.29, 1.82) is 0 Å². The summed E-state index contributed by atoms with van der Waals surface area (Å²) < 4.78 is 78.5. The van der Waals surface area contributed by atoms with Crippen molar-refractivity contribution in [3.05, 3.63) is 35.7 Å². The number of methoxy groups -OCH3 is 2. The maximum atomic E-state index is 13.8. The van der Waals surface area contributed by atoms with Crippen molar-refractivity contribution >= 4 is 15.8 Å². The molecule has 0 aliphatic heterocycles. The van der Waals surface area contributed by atoms with Gasteiger partial charge in [-0.2, -0.15) is 13.2 Å². The highest BCUT2D eigenvalue weighted by Crippen LogP contribution is 2.41. The average Bonchev–Trinajstić information content (AvgIpc) is 3.34. The number of halogens is 3. The SMILES string of the molecule is COCc1cn(-c2ccc(S(=O)(=O)[C@@H]3C[C@H](OC)[C@@H](C(=O)O)C3)c(C(F)(F)F)c2)nn1. The Bertz CT molecular complexity index is 1070. The average molecular weight is 463 g/mol. The van der Waals surface area contributed by atoms with Crippen LogP contribution in [0.3, 0.4) is 0 Å². The number of carbonyl (C=O) groups is 1. The van der Waals surface area contributed by atoms with Gasteiger partial charge in [0.15, 0.2) is 9.84 Å². The van der Waals surface area contributed by atoms with E-state index in [4.69, 9.17) is 9.47 Å². The van der Waals surface area contributed by atoms with Crippen molar-refractivity contribution in [3.8, 4) is 5.69 Å². The Hall–Kier alpha value is -2.51. The highest BCUT2D eigenvalue weighted by molar-refractivity contribution is 7.92. The molecule has 0 saturated heterocycles. The molecule has 0 unspecified atom stereocenters. The maximum absolute atomic E-state index is 13.8. The lowest BCUT2D eigenvalue weighted by molar-refractivity contribution is -0.145. The van der Waals surface area contributed by atoms with Crippen LogP contribution in [0.4, 0.5) is 13.2 Å². The molecule has 2 aromatic rings. The molecule has 0 bridgehead atoms. The molecule has 0 radical (unpaired) electrons. The summed E-state index contributed by atoms with van der Waals surface area (Å²) in [6.07, 6.45) is -5.05. The first-order chi connectivity index (χ1) is 14.5. The molecule has 1 saturated carbocycles. The first kappa shape index (κ1) is 23.2. The second kappa shape index (κ2) is 8.55. The van der Waals surface area contributed by atoms with Crippen LogP contribution in [0.1, 0.15) is 24.1 Å². The number of rotatable bonds is 7. The van der Waals surface area contributed by atoms with Crippen LogP contribution >= 0.6 is 0 Å². The molecule has 1 fully saturated rings. The molecule has 1 N–H and O–H groups in total. The number of sulfone groups is 1. The summed E-state index contributed by atoms with van der Waals surface area (Å²) in [5.41, 5.74) is -1.02. The van der Waals surface area contributed by atoms with Gasteiger partial charge in [0.1, 0.15) is 5.69 Å². The summed E-state index contributed by atoms with van der Waals surface area (Å²) in [4.78, 5) is 10.5. The minimum Gasteiger partial charge on any atom is -0.481 e. The molecule has 1 heterocycles. The van der Waals surface area contributed by atoms with Gasteiger partial charge in [-0.25, -0.2) is 13.1 Å².